The number of esters is 1. The number of carbonyl (C=O) groups excluding carboxylic acids is 1. The minimum Gasteiger partial charge on any atom is -0.468 e. The second-order valence-electron chi connectivity index (χ2n) is 3.38. The third-order valence-corrected chi connectivity index (χ3v) is 2.87. The number of methoxy groups -OCH3 is 1. The van der Waals surface area contributed by atoms with Crippen molar-refractivity contribution in [1.82, 2.24) is 4.90 Å². The van der Waals surface area contributed by atoms with Gasteiger partial charge in [-0.1, -0.05) is 6.08 Å². The largest absolute Gasteiger partial charge is 0.468 e. The zero-order chi connectivity index (χ0) is 8.34. The number of hydrogen-bond donors (Lipinski definition) is 0. The van der Waals surface area contributed by atoms with Gasteiger partial charge in [0, 0.05) is 6.54 Å². The summed E-state index contributed by atoms with van der Waals surface area (Å²) in [7, 11) is 1.42. The van der Waals surface area contributed by atoms with Crippen LogP contribution in [-0.2, 0) is 14.3 Å². The standard InChI is InChI=1S/C8H9NO3/c1-11-7(10)8-4-9(8)6-3-2-5(8)12-6/h2-3,5-6H,4H2,1H3/t5-,6+,8-,9?/m0/s1. The Hall–Kier alpha value is -0.870. The van der Waals surface area contributed by atoms with E-state index in [0.717, 1.165) is 6.54 Å². The topological polar surface area (TPSA) is 38.5 Å². The van der Waals surface area contributed by atoms with Gasteiger partial charge in [0.1, 0.15) is 12.3 Å². The molecule has 4 atom stereocenters. The molecule has 0 amide bonds. The van der Waals surface area contributed by atoms with Crippen LogP contribution in [0.2, 0.25) is 0 Å². The van der Waals surface area contributed by atoms with Gasteiger partial charge in [-0.3, -0.25) is 4.90 Å². The number of carbonyl (C=O) groups is 1. The van der Waals surface area contributed by atoms with E-state index in [0.29, 0.717) is 0 Å². The van der Waals surface area contributed by atoms with Crippen LogP contribution in [0.4, 0.5) is 0 Å². The summed E-state index contributed by atoms with van der Waals surface area (Å²) >= 11 is 0. The highest BCUT2D eigenvalue weighted by Crippen LogP contribution is 2.51. The lowest BCUT2D eigenvalue weighted by atomic mass is 10.0. The fourth-order valence-corrected chi connectivity index (χ4v) is 2.16. The molecule has 2 saturated heterocycles. The summed E-state index contributed by atoms with van der Waals surface area (Å²) in [5, 5.41) is 0. The molecule has 0 spiro atoms. The molecule has 4 heteroatoms. The highest BCUT2D eigenvalue weighted by Gasteiger charge is 2.73. The maximum atomic E-state index is 11.4. The van der Waals surface area contributed by atoms with Gasteiger partial charge >= 0.3 is 5.97 Å². The molecule has 0 radical (unpaired) electrons. The van der Waals surface area contributed by atoms with Gasteiger partial charge in [0.05, 0.1) is 7.11 Å². The molecule has 2 fully saturated rings. The normalized spacial score (nSPS) is 52.2. The Morgan fingerprint density at radius 2 is 2.58 bits per heavy atom. The van der Waals surface area contributed by atoms with Gasteiger partial charge in [-0.2, -0.15) is 0 Å². The molecule has 0 aromatic carbocycles. The van der Waals surface area contributed by atoms with Gasteiger partial charge in [-0.15, -0.1) is 0 Å². The molecule has 1 unspecified atom stereocenters. The summed E-state index contributed by atoms with van der Waals surface area (Å²) in [4.78, 5) is 13.4. The lowest BCUT2D eigenvalue weighted by molar-refractivity contribution is -0.145. The van der Waals surface area contributed by atoms with Crippen molar-refractivity contribution in [2.45, 2.75) is 17.9 Å². The van der Waals surface area contributed by atoms with Crippen molar-refractivity contribution in [1.29, 1.82) is 0 Å². The maximum absolute atomic E-state index is 11.4. The minimum absolute atomic E-state index is 0.0223. The summed E-state index contributed by atoms with van der Waals surface area (Å²) in [6.07, 6.45) is 3.88. The van der Waals surface area contributed by atoms with E-state index in [1.165, 1.54) is 7.11 Å². The van der Waals surface area contributed by atoms with E-state index in [9.17, 15) is 4.79 Å². The smallest absolute Gasteiger partial charge is 0.330 e. The molecule has 2 bridgehead atoms. The van der Waals surface area contributed by atoms with E-state index in [2.05, 4.69) is 0 Å². The van der Waals surface area contributed by atoms with Crippen LogP contribution in [0.5, 0.6) is 0 Å². The first-order valence-corrected chi connectivity index (χ1v) is 3.98. The fraction of sp³-hybridized carbons (Fsp3) is 0.625. The molecule has 4 nitrogen and oxygen atoms in total. The zero-order valence-electron chi connectivity index (χ0n) is 6.69. The van der Waals surface area contributed by atoms with Crippen LogP contribution in [0, 0.1) is 0 Å². The number of fused-ring (bicyclic) bond motifs is 5. The van der Waals surface area contributed by atoms with Crippen molar-refractivity contribution < 1.29 is 14.3 Å². The maximum Gasteiger partial charge on any atom is 0.330 e. The molecular weight excluding hydrogens is 158 g/mol. The first-order chi connectivity index (χ1) is 5.79. The van der Waals surface area contributed by atoms with Crippen molar-refractivity contribution >= 4 is 5.97 Å². The van der Waals surface area contributed by atoms with Gasteiger partial charge in [0.2, 0.25) is 0 Å². The molecule has 0 N–H and O–H groups in total. The Morgan fingerprint density at radius 3 is 3.17 bits per heavy atom. The first-order valence-electron chi connectivity index (χ1n) is 3.98. The molecular formula is C8H9NO3. The second kappa shape index (κ2) is 1.72. The Kier molecular flexibility index (Phi) is 0.952. The third kappa shape index (κ3) is 0.489. The average Bonchev–Trinajstić information content (AvgIpc) is 2.61. The highest BCUT2D eigenvalue weighted by atomic mass is 16.6. The van der Waals surface area contributed by atoms with E-state index in [1.807, 2.05) is 17.1 Å². The van der Waals surface area contributed by atoms with E-state index < -0.39 is 5.54 Å². The van der Waals surface area contributed by atoms with Crippen LogP contribution in [0.25, 0.3) is 0 Å². The van der Waals surface area contributed by atoms with E-state index in [-0.39, 0.29) is 18.3 Å². The van der Waals surface area contributed by atoms with Crippen LogP contribution in [0.3, 0.4) is 0 Å². The second-order valence-corrected chi connectivity index (χ2v) is 3.38. The number of hydrogen-bond acceptors (Lipinski definition) is 4. The lowest BCUT2D eigenvalue weighted by Gasteiger charge is -2.13. The molecule has 3 heterocycles. The fourth-order valence-electron chi connectivity index (χ4n) is 2.16. The monoisotopic (exact) mass is 167 g/mol. The van der Waals surface area contributed by atoms with E-state index in [4.69, 9.17) is 9.47 Å². The molecule has 3 aliphatic rings. The van der Waals surface area contributed by atoms with Crippen LogP contribution in [-0.4, -0.2) is 42.4 Å². The number of rotatable bonds is 1. The van der Waals surface area contributed by atoms with Crippen molar-refractivity contribution in [3.63, 3.8) is 0 Å². The Labute approximate surface area is 69.7 Å². The molecule has 12 heavy (non-hydrogen) atoms. The van der Waals surface area contributed by atoms with Crippen LogP contribution in [0.1, 0.15) is 0 Å². The van der Waals surface area contributed by atoms with Crippen molar-refractivity contribution in [2.75, 3.05) is 13.7 Å². The van der Waals surface area contributed by atoms with E-state index in [1.54, 1.807) is 0 Å². The summed E-state index contributed by atoms with van der Waals surface area (Å²) < 4.78 is 10.2. The van der Waals surface area contributed by atoms with Gasteiger partial charge in [0.25, 0.3) is 0 Å². The molecule has 64 valence electrons. The van der Waals surface area contributed by atoms with Crippen LogP contribution < -0.4 is 0 Å². The minimum atomic E-state index is -0.450. The Morgan fingerprint density at radius 1 is 1.75 bits per heavy atom. The first kappa shape index (κ1) is 6.62. The zero-order valence-corrected chi connectivity index (χ0v) is 6.69. The van der Waals surface area contributed by atoms with Crippen molar-refractivity contribution in [3.05, 3.63) is 12.2 Å². The van der Waals surface area contributed by atoms with Crippen molar-refractivity contribution in [2.24, 2.45) is 0 Å². The van der Waals surface area contributed by atoms with Crippen LogP contribution in [0.15, 0.2) is 12.2 Å². The predicted octanol–water partition coefficient (Wildman–Crippen LogP) is -0.492. The van der Waals surface area contributed by atoms with Gasteiger partial charge in [0.15, 0.2) is 5.54 Å². The van der Waals surface area contributed by atoms with Gasteiger partial charge in [-0.25, -0.2) is 4.79 Å². The number of nitrogens with zero attached hydrogens (tertiary/aromatic N) is 1. The quantitative estimate of drug-likeness (QED) is 0.300. The SMILES string of the molecule is COC(=O)[C@@]12CN1[C@H]1C=C[C@@H]2O1. The lowest BCUT2D eigenvalue weighted by Crippen LogP contribution is -2.38. The summed E-state index contributed by atoms with van der Waals surface area (Å²) in [5.74, 6) is -0.167. The van der Waals surface area contributed by atoms with Crippen molar-refractivity contribution in [3.8, 4) is 0 Å². The summed E-state index contributed by atoms with van der Waals surface area (Å²) in [6, 6.07) is 0. The molecule has 0 aromatic heterocycles. The molecule has 0 aliphatic carbocycles. The molecule has 0 saturated carbocycles. The number of ether oxygens (including phenoxy) is 2. The summed E-state index contributed by atoms with van der Waals surface area (Å²) in [6.45, 7) is 0.780. The molecule has 0 aromatic rings. The Balaban J connectivity index is 1.97. The Bertz CT molecular complexity index is 288. The average molecular weight is 167 g/mol. The molecule has 3 rings (SSSR count). The third-order valence-electron chi connectivity index (χ3n) is 2.87. The molecule has 3 aliphatic heterocycles. The van der Waals surface area contributed by atoms with Crippen LogP contribution >= 0.6 is 0 Å². The van der Waals surface area contributed by atoms with E-state index >= 15 is 0 Å². The predicted molar refractivity (Wildman–Crippen MR) is 39.3 cm³/mol. The highest BCUT2D eigenvalue weighted by molar-refractivity contribution is 5.87. The van der Waals surface area contributed by atoms with Gasteiger partial charge < -0.3 is 9.47 Å². The van der Waals surface area contributed by atoms with Gasteiger partial charge in [-0.05, 0) is 6.08 Å². The summed E-state index contributed by atoms with van der Waals surface area (Å²) in [5.41, 5.74) is -0.450.